The molecule has 1 amide bonds. The molecule has 0 unspecified atom stereocenters. The van der Waals surface area contributed by atoms with Crippen molar-refractivity contribution in [1.82, 2.24) is 14.8 Å². The van der Waals surface area contributed by atoms with E-state index in [2.05, 4.69) is 33.9 Å². The van der Waals surface area contributed by atoms with Crippen LogP contribution in [-0.4, -0.2) is 40.6 Å². The molecule has 0 radical (unpaired) electrons. The quantitative estimate of drug-likeness (QED) is 0.659. The van der Waals surface area contributed by atoms with E-state index in [1.54, 1.807) is 12.1 Å². The minimum atomic E-state index is -0.170. The van der Waals surface area contributed by atoms with Crippen molar-refractivity contribution in [2.24, 2.45) is 0 Å². The summed E-state index contributed by atoms with van der Waals surface area (Å²) in [5.74, 6) is 2.29. The van der Waals surface area contributed by atoms with Gasteiger partial charge in [-0.1, -0.05) is 37.2 Å². The zero-order chi connectivity index (χ0) is 19.6. The van der Waals surface area contributed by atoms with Gasteiger partial charge in [-0.15, -0.1) is 10.2 Å². The SMILES string of the molecule is COc1cc(OC)c(NC(=O)CSc2nnc(C(C)C)n2C2CC2)cc1Cl. The number of methoxy groups -OCH3 is 2. The van der Waals surface area contributed by atoms with E-state index in [4.69, 9.17) is 21.1 Å². The zero-order valence-corrected chi connectivity index (χ0v) is 17.4. The molecule has 146 valence electrons. The summed E-state index contributed by atoms with van der Waals surface area (Å²) in [5.41, 5.74) is 0.500. The van der Waals surface area contributed by atoms with Gasteiger partial charge in [-0.3, -0.25) is 4.79 Å². The van der Waals surface area contributed by atoms with E-state index >= 15 is 0 Å². The second kappa shape index (κ2) is 8.39. The Bertz CT molecular complexity index is 836. The maximum atomic E-state index is 12.4. The summed E-state index contributed by atoms with van der Waals surface area (Å²) in [6.07, 6.45) is 2.28. The van der Waals surface area contributed by atoms with Crippen LogP contribution >= 0.6 is 23.4 Å². The van der Waals surface area contributed by atoms with Crippen molar-refractivity contribution in [3.8, 4) is 11.5 Å². The predicted molar refractivity (Wildman–Crippen MR) is 106 cm³/mol. The summed E-state index contributed by atoms with van der Waals surface area (Å²) in [6.45, 7) is 4.20. The van der Waals surface area contributed by atoms with Gasteiger partial charge in [-0.25, -0.2) is 0 Å². The van der Waals surface area contributed by atoms with Gasteiger partial charge in [0.05, 0.1) is 30.7 Å². The number of ether oxygens (including phenoxy) is 2. The molecule has 0 bridgehead atoms. The number of hydrogen-bond donors (Lipinski definition) is 1. The van der Waals surface area contributed by atoms with Crippen LogP contribution in [0.25, 0.3) is 0 Å². The number of anilines is 1. The molecule has 1 aliphatic rings. The molecule has 1 heterocycles. The van der Waals surface area contributed by atoms with Gasteiger partial charge in [0.25, 0.3) is 0 Å². The highest BCUT2D eigenvalue weighted by Gasteiger charge is 2.30. The van der Waals surface area contributed by atoms with Crippen LogP contribution in [0.4, 0.5) is 5.69 Å². The lowest BCUT2D eigenvalue weighted by molar-refractivity contribution is -0.113. The van der Waals surface area contributed by atoms with E-state index in [0.29, 0.717) is 34.2 Å². The third-order valence-corrected chi connectivity index (χ3v) is 5.44. The summed E-state index contributed by atoms with van der Waals surface area (Å²) in [5, 5.41) is 12.6. The first kappa shape index (κ1) is 19.8. The summed E-state index contributed by atoms with van der Waals surface area (Å²) in [7, 11) is 3.05. The molecule has 2 aromatic rings. The highest BCUT2D eigenvalue weighted by molar-refractivity contribution is 7.99. The number of thioether (sulfide) groups is 1. The average molecular weight is 411 g/mol. The van der Waals surface area contributed by atoms with Crippen LogP contribution in [-0.2, 0) is 4.79 Å². The van der Waals surface area contributed by atoms with Gasteiger partial charge < -0.3 is 19.4 Å². The summed E-state index contributed by atoms with van der Waals surface area (Å²) >= 11 is 7.54. The molecule has 3 rings (SSSR count). The number of aromatic nitrogens is 3. The molecule has 7 nitrogen and oxygen atoms in total. The lowest BCUT2D eigenvalue weighted by Gasteiger charge is -2.13. The van der Waals surface area contributed by atoms with Gasteiger partial charge in [0.1, 0.15) is 17.3 Å². The number of carbonyl (C=O) groups excluding carboxylic acids is 1. The molecule has 1 aromatic carbocycles. The molecule has 9 heteroatoms. The van der Waals surface area contributed by atoms with Gasteiger partial charge in [0, 0.05) is 18.0 Å². The van der Waals surface area contributed by atoms with Crippen molar-refractivity contribution >= 4 is 35.0 Å². The summed E-state index contributed by atoms with van der Waals surface area (Å²) in [6, 6.07) is 3.72. The Morgan fingerprint density at radius 3 is 2.59 bits per heavy atom. The first-order valence-corrected chi connectivity index (χ1v) is 10.1. The minimum Gasteiger partial charge on any atom is -0.495 e. The number of hydrogen-bond acceptors (Lipinski definition) is 6. The van der Waals surface area contributed by atoms with Crippen LogP contribution in [0.3, 0.4) is 0 Å². The molecule has 0 aliphatic heterocycles. The molecule has 1 N–H and O–H groups in total. The lowest BCUT2D eigenvalue weighted by atomic mass is 10.2. The smallest absolute Gasteiger partial charge is 0.234 e. The predicted octanol–water partition coefficient (Wildman–Crippen LogP) is 4.14. The van der Waals surface area contributed by atoms with Crippen molar-refractivity contribution in [2.45, 2.75) is 43.8 Å². The average Bonchev–Trinajstić information content (AvgIpc) is 3.38. The topological polar surface area (TPSA) is 78.3 Å². The van der Waals surface area contributed by atoms with Crippen LogP contribution in [0.2, 0.25) is 5.02 Å². The fraction of sp³-hybridized carbons (Fsp3) is 0.500. The first-order valence-electron chi connectivity index (χ1n) is 8.73. The van der Waals surface area contributed by atoms with E-state index in [0.717, 1.165) is 23.8 Å². The van der Waals surface area contributed by atoms with Gasteiger partial charge in [0.15, 0.2) is 5.16 Å². The highest BCUT2D eigenvalue weighted by Crippen LogP contribution is 2.40. The van der Waals surface area contributed by atoms with Crippen LogP contribution < -0.4 is 14.8 Å². The molecule has 0 saturated heterocycles. The largest absolute Gasteiger partial charge is 0.495 e. The van der Waals surface area contributed by atoms with E-state index in [9.17, 15) is 4.79 Å². The maximum Gasteiger partial charge on any atom is 0.234 e. The Labute approximate surface area is 167 Å². The molecule has 0 spiro atoms. The van der Waals surface area contributed by atoms with E-state index < -0.39 is 0 Å². The van der Waals surface area contributed by atoms with E-state index in [1.807, 2.05) is 0 Å². The van der Waals surface area contributed by atoms with Gasteiger partial charge >= 0.3 is 0 Å². The number of halogens is 1. The van der Waals surface area contributed by atoms with Crippen molar-refractivity contribution in [2.75, 3.05) is 25.3 Å². The van der Waals surface area contributed by atoms with E-state index in [1.165, 1.54) is 26.0 Å². The number of carbonyl (C=O) groups is 1. The van der Waals surface area contributed by atoms with Gasteiger partial charge in [-0.2, -0.15) is 0 Å². The van der Waals surface area contributed by atoms with Gasteiger partial charge in [-0.05, 0) is 18.9 Å². The molecule has 0 atom stereocenters. The van der Waals surface area contributed by atoms with Crippen molar-refractivity contribution in [3.63, 3.8) is 0 Å². The third-order valence-electron chi connectivity index (χ3n) is 4.20. The number of rotatable bonds is 8. The number of nitrogens with one attached hydrogen (secondary N) is 1. The molecule has 1 aliphatic carbocycles. The Morgan fingerprint density at radius 1 is 1.30 bits per heavy atom. The molecular weight excluding hydrogens is 388 g/mol. The molecule has 1 fully saturated rings. The highest BCUT2D eigenvalue weighted by atomic mass is 35.5. The number of benzene rings is 1. The monoisotopic (exact) mass is 410 g/mol. The third kappa shape index (κ3) is 4.50. The standard InChI is InChI=1S/C18H23ClN4O3S/c1-10(2)17-21-22-18(23(17)11-5-6-11)27-9-16(24)20-13-7-12(19)14(25-3)8-15(13)26-4/h7-8,10-11H,5-6,9H2,1-4H3,(H,20,24). The fourth-order valence-corrected chi connectivity index (χ4v) is 3.78. The molecule has 27 heavy (non-hydrogen) atoms. The normalized spacial score (nSPS) is 13.7. The second-order valence-corrected chi connectivity index (χ2v) is 7.97. The van der Waals surface area contributed by atoms with Crippen molar-refractivity contribution < 1.29 is 14.3 Å². The molecule has 1 aromatic heterocycles. The Hall–Kier alpha value is -1.93. The van der Waals surface area contributed by atoms with Crippen LogP contribution in [0, 0.1) is 0 Å². The fourth-order valence-electron chi connectivity index (χ4n) is 2.73. The van der Waals surface area contributed by atoms with Gasteiger partial charge in [0.2, 0.25) is 5.91 Å². The van der Waals surface area contributed by atoms with Crippen LogP contribution in [0.1, 0.15) is 44.5 Å². The maximum absolute atomic E-state index is 12.4. The van der Waals surface area contributed by atoms with Crippen molar-refractivity contribution in [1.29, 1.82) is 0 Å². The summed E-state index contributed by atoms with van der Waals surface area (Å²) in [4.78, 5) is 12.4. The van der Waals surface area contributed by atoms with Crippen LogP contribution in [0.5, 0.6) is 11.5 Å². The molecular formula is C18H23ClN4O3S. The zero-order valence-electron chi connectivity index (χ0n) is 15.8. The number of nitrogens with zero attached hydrogens (tertiary/aromatic N) is 3. The second-order valence-electron chi connectivity index (χ2n) is 6.62. The van der Waals surface area contributed by atoms with E-state index in [-0.39, 0.29) is 11.7 Å². The summed E-state index contributed by atoms with van der Waals surface area (Å²) < 4.78 is 12.7. The Balaban J connectivity index is 1.68. The first-order chi connectivity index (χ1) is 12.9. The Kier molecular flexibility index (Phi) is 6.16. The minimum absolute atomic E-state index is 0.170. The van der Waals surface area contributed by atoms with Crippen LogP contribution in [0.15, 0.2) is 17.3 Å². The van der Waals surface area contributed by atoms with Crippen molar-refractivity contribution in [3.05, 3.63) is 23.0 Å². The molecule has 1 saturated carbocycles. The Morgan fingerprint density at radius 2 is 2.00 bits per heavy atom. The lowest BCUT2D eigenvalue weighted by Crippen LogP contribution is -2.15. The number of amides is 1.